The molecular weight excluding hydrogens is 650 g/mol. The van der Waals surface area contributed by atoms with Gasteiger partial charge in [0.15, 0.2) is 5.78 Å². The van der Waals surface area contributed by atoms with Crippen molar-refractivity contribution in [3.63, 3.8) is 0 Å². The van der Waals surface area contributed by atoms with Crippen LogP contribution in [0.15, 0.2) is 109 Å². The van der Waals surface area contributed by atoms with Gasteiger partial charge in [-0.05, 0) is 87.3 Å². The maximum absolute atomic E-state index is 14.0. The number of carbonyl (C=O) groups is 4. The number of Topliss-reactive ketones (excluding diaryl/α,β-unsaturated/α-hetero) is 1. The minimum Gasteiger partial charge on any atom is -0.460 e. The normalized spacial score (nSPS) is 12.5. The molecule has 8 nitrogen and oxygen atoms in total. The van der Waals surface area contributed by atoms with Gasteiger partial charge in [0.05, 0.1) is 6.42 Å². The third kappa shape index (κ3) is 11.0. The molecule has 270 valence electrons. The number of H-pyrrole nitrogens is 1. The van der Waals surface area contributed by atoms with E-state index in [4.69, 9.17) is 4.74 Å². The van der Waals surface area contributed by atoms with Crippen LogP contribution in [0.2, 0.25) is 0 Å². The van der Waals surface area contributed by atoms with Crippen LogP contribution in [0.25, 0.3) is 22.0 Å². The molecule has 1 aromatic heterocycles. The SMILES string of the molecule is CC(=O)c1ccc(-c2ccc(CCCC(CC(=O)OC(C)(C)C)C(=O)NC(Cc3c[nH]c4ccccc34)C(=O)NCCc3ccccc3)cc2)cc1. The fourth-order valence-electron chi connectivity index (χ4n) is 6.34. The summed E-state index contributed by atoms with van der Waals surface area (Å²) in [6.45, 7) is 7.39. The number of benzene rings is 4. The van der Waals surface area contributed by atoms with Crippen LogP contribution in [-0.4, -0.2) is 46.7 Å². The lowest BCUT2D eigenvalue weighted by molar-refractivity contribution is -0.157. The van der Waals surface area contributed by atoms with Crippen molar-refractivity contribution in [2.24, 2.45) is 5.92 Å². The molecule has 0 fully saturated rings. The van der Waals surface area contributed by atoms with Crippen LogP contribution in [0.3, 0.4) is 0 Å². The summed E-state index contributed by atoms with van der Waals surface area (Å²) >= 11 is 0. The molecule has 52 heavy (non-hydrogen) atoms. The van der Waals surface area contributed by atoms with E-state index < -0.39 is 23.5 Å². The zero-order valence-corrected chi connectivity index (χ0v) is 30.5. The molecular formula is C44H49N3O5. The van der Waals surface area contributed by atoms with E-state index in [0.717, 1.165) is 38.7 Å². The quantitative estimate of drug-likeness (QED) is 0.0718. The highest BCUT2D eigenvalue weighted by molar-refractivity contribution is 5.94. The summed E-state index contributed by atoms with van der Waals surface area (Å²) in [5.41, 5.74) is 6.14. The second-order valence-corrected chi connectivity index (χ2v) is 14.4. The number of para-hydroxylation sites is 1. The van der Waals surface area contributed by atoms with Crippen LogP contribution in [0, 0.1) is 5.92 Å². The average Bonchev–Trinajstić information content (AvgIpc) is 3.53. The third-order valence-corrected chi connectivity index (χ3v) is 9.09. The van der Waals surface area contributed by atoms with E-state index in [-0.39, 0.29) is 30.4 Å². The van der Waals surface area contributed by atoms with E-state index in [0.29, 0.717) is 37.8 Å². The lowest BCUT2D eigenvalue weighted by atomic mass is 9.94. The van der Waals surface area contributed by atoms with Gasteiger partial charge in [-0.15, -0.1) is 0 Å². The van der Waals surface area contributed by atoms with Crippen molar-refractivity contribution in [1.29, 1.82) is 0 Å². The minimum absolute atomic E-state index is 0.0347. The fraction of sp³-hybridized carbons (Fsp3) is 0.318. The highest BCUT2D eigenvalue weighted by Crippen LogP contribution is 2.24. The monoisotopic (exact) mass is 699 g/mol. The zero-order valence-electron chi connectivity index (χ0n) is 30.5. The first kappa shape index (κ1) is 37.7. The lowest BCUT2D eigenvalue weighted by Gasteiger charge is -2.24. The van der Waals surface area contributed by atoms with Gasteiger partial charge in [0, 0.05) is 41.5 Å². The lowest BCUT2D eigenvalue weighted by Crippen LogP contribution is -2.50. The first-order valence-electron chi connectivity index (χ1n) is 18.0. The predicted molar refractivity (Wildman–Crippen MR) is 206 cm³/mol. The molecule has 0 aliphatic heterocycles. The van der Waals surface area contributed by atoms with Crippen molar-refractivity contribution < 1.29 is 23.9 Å². The molecule has 0 saturated heterocycles. The number of aromatic amines is 1. The van der Waals surface area contributed by atoms with Crippen molar-refractivity contribution in [3.05, 3.63) is 132 Å². The van der Waals surface area contributed by atoms with Crippen molar-refractivity contribution in [2.75, 3.05) is 6.54 Å². The zero-order chi connectivity index (χ0) is 37.1. The van der Waals surface area contributed by atoms with Gasteiger partial charge in [0.25, 0.3) is 0 Å². The van der Waals surface area contributed by atoms with E-state index in [9.17, 15) is 19.2 Å². The van der Waals surface area contributed by atoms with Gasteiger partial charge < -0.3 is 20.4 Å². The fourth-order valence-corrected chi connectivity index (χ4v) is 6.34. The molecule has 3 N–H and O–H groups in total. The highest BCUT2D eigenvalue weighted by Gasteiger charge is 2.29. The van der Waals surface area contributed by atoms with E-state index >= 15 is 0 Å². The first-order chi connectivity index (χ1) is 24.9. The Labute approximate surface area is 306 Å². The Morgan fingerprint density at radius 2 is 1.38 bits per heavy atom. The van der Waals surface area contributed by atoms with Crippen LogP contribution in [-0.2, 0) is 38.4 Å². The number of aromatic nitrogens is 1. The largest absolute Gasteiger partial charge is 0.460 e. The Morgan fingerprint density at radius 1 is 0.750 bits per heavy atom. The third-order valence-electron chi connectivity index (χ3n) is 9.09. The number of hydrogen-bond donors (Lipinski definition) is 3. The van der Waals surface area contributed by atoms with Gasteiger partial charge in [0.2, 0.25) is 11.8 Å². The smallest absolute Gasteiger partial charge is 0.307 e. The summed E-state index contributed by atoms with van der Waals surface area (Å²) in [4.78, 5) is 55.7. The molecule has 5 rings (SSSR count). The molecule has 0 aliphatic rings. The van der Waals surface area contributed by atoms with Gasteiger partial charge >= 0.3 is 5.97 Å². The summed E-state index contributed by atoms with van der Waals surface area (Å²) in [7, 11) is 0. The summed E-state index contributed by atoms with van der Waals surface area (Å²) in [5, 5.41) is 7.04. The van der Waals surface area contributed by atoms with Gasteiger partial charge in [-0.3, -0.25) is 19.2 Å². The van der Waals surface area contributed by atoms with Crippen molar-refractivity contribution in [2.45, 2.75) is 77.9 Å². The first-order valence-corrected chi connectivity index (χ1v) is 18.0. The topological polar surface area (TPSA) is 117 Å². The number of carbonyl (C=O) groups excluding carboxylic acids is 4. The number of rotatable bonds is 16. The number of nitrogens with one attached hydrogen (secondary N) is 3. The molecule has 5 aromatic rings. The molecule has 2 atom stereocenters. The number of amides is 2. The molecule has 1 heterocycles. The van der Waals surface area contributed by atoms with E-state index in [1.165, 1.54) is 0 Å². The van der Waals surface area contributed by atoms with Crippen LogP contribution < -0.4 is 10.6 Å². The Bertz CT molecular complexity index is 1960. The van der Waals surface area contributed by atoms with E-state index in [1.54, 1.807) is 27.7 Å². The number of fused-ring (bicyclic) bond motifs is 1. The number of aryl methyl sites for hydroxylation is 1. The van der Waals surface area contributed by atoms with Crippen molar-refractivity contribution in [1.82, 2.24) is 15.6 Å². The van der Waals surface area contributed by atoms with Crippen LogP contribution in [0.4, 0.5) is 0 Å². The second-order valence-electron chi connectivity index (χ2n) is 14.4. The Balaban J connectivity index is 1.28. The maximum atomic E-state index is 14.0. The van der Waals surface area contributed by atoms with Crippen LogP contribution >= 0.6 is 0 Å². The van der Waals surface area contributed by atoms with Crippen LogP contribution in [0.5, 0.6) is 0 Å². The standard InChI is InChI=1S/C44H49N3O5/c1-30(48)33-21-23-35(24-22-33)34-19-17-32(18-20-34)13-10-14-36(28-41(49)52-44(2,3)4)42(50)47-40(27-37-29-46-39-16-9-8-15-38(37)39)43(51)45-26-25-31-11-6-5-7-12-31/h5-9,11-12,15-24,29,36,40,46H,10,13-14,25-28H2,1-4H3,(H,45,51)(H,47,50). The van der Waals surface area contributed by atoms with E-state index in [2.05, 4.69) is 39.9 Å². The Hall–Kier alpha value is -5.50. The molecule has 0 bridgehead atoms. The molecule has 2 unspecified atom stereocenters. The molecule has 4 aromatic carbocycles. The molecule has 0 aliphatic carbocycles. The summed E-state index contributed by atoms with van der Waals surface area (Å²) < 4.78 is 5.62. The average molecular weight is 700 g/mol. The van der Waals surface area contributed by atoms with Crippen molar-refractivity contribution in [3.8, 4) is 11.1 Å². The van der Waals surface area contributed by atoms with Crippen molar-refractivity contribution >= 4 is 34.5 Å². The highest BCUT2D eigenvalue weighted by atomic mass is 16.6. The molecule has 2 amide bonds. The van der Waals surface area contributed by atoms with E-state index in [1.807, 2.05) is 85.1 Å². The second kappa shape index (κ2) is 17.6. The molecule has 0 spiro atoms. The summed E-state index contributed by atoms with van der Waals surface area (Å²) in [6.07, 6.45) is 4.54. The summed E-state index contributed by atoms with van der Waals surface area (Å²) in [5.74, 6) is -1.72. The van der Waals surface area contributed by atoms with Crippen LogP contribution in [0.1, 0.15) is 74.0 Å². The number of ether oxygens (including phenoxy) is 1. The van der Waals surface area contributed by atoms with Gasteiger partial charge in [-0.1, -0.05) is 97.1 Å². The molecule has 8 heteroatoms. The number of esters is 1. The van der Waals surface area contributed by atoms with Gasteiger partial charge in [-0.2, -0.15) is 0 Å². The number of hydrogen-bond acceptors (Lipinski definition) is 5. The summed E-state index contributed by atoms with van der Waals surface area (Å²) in [6, 6.07) is 32.7. The van der Waals surface area contributed by atoms with Gasteiger partial charge in [-0.25, -0.2) is 0 Å². The Morgan fingerprint density at radius 3 is 2.06 bits per heavy atom. The predicted octanol–water partition coefficient (Wildman–Crippen LogP) is 7.79. The minimum atomic E-state index is -0.847. The number of ketones is 1. The van der Waals surface area contributed by atoms with Gasteiger partial charge in [0.1, 0.15) is 11.6 Å². The molecule has 0 saturated carbocycles. The maximum Gasteiger partial charge on any atom is 0.307 e. The Kier molecular flexibility index (Phi) is 12.8. The molecule has 0 radical (unpaired) electrons.